The minimum atomic E-state index is -1.16. The molecule has 0 aliphatic carbocycles. The molecule has 0 amide bonds. The van der Waals surface area contributed by atoms with Crippen molar-refractivity contribution in [3.8, 4) is 0 Å². The molecular formula is C19H19ClN4OS. The molecule has 1 N–H and O–H groups in total. The van der Waals surface area contributed by atoms with Crippen molar-refractivity contribution in [1.82, 2.24) is 15.0 Å². The van der Waals surface area contributed by atoms with Gasteiger partial charge >= 0.3 is 0 Å². The van der Waals surface area contributed by atoms with Gasteiger partial charge in [-0.1, -0.05) is 37.6 Å². The van der Waals surface area contributed by atoms with Crippen molar-refractivity contribution in [2.45, 2.75) is 31.8 Å². The van der Waals surface area contributed by atoms with Gasteiger partial charge in [-0.15, -0.1) is 11.3 Å². The maximum Gasteiger partial charge on any atom is 0.155 e. The van der Waals surface area contributed by atoms with Crippen LogP contribution in [-0.4, -0.2) is 26.6 Å². The first-order valence-corrected chi connectivity index (χ1v) is 9.57. The van der Waals surface area contributed by atoms with E-state index in [1.165, 1.54) is 23.2 Å². The largest absolute Gasteiger partial charge is 0.378 e. The van der Waals surface area contributed by atoms with Gasteiger partial charge in [-0.2, -0.15) is 0 Å². The highest BCUT2D eigenvalue weighted by atomic mass is 35.5. The monoisotopic (exact) mass is 386 g/mol. The van der Waals surface area contributed by atoms with Crippen LogP contribution >= 0.6 is 22.9 Å². The minimum Gasteiger partial charge on any atom is -0.378 e. The Labute approximate surface area is 161 Å². The van der Waals surface area contributed by atoms with Crippen LogP contribution in [0, 0.1) is 0 Å². The molecule has 0 saturated carbocycles. The van der Waals surface area contributed by atoms with Gasteiger partial charge in [-0.25, -0.2) is 15.0 Å². The second kappa shape index (κ2) is 6.01. The van der Waals surface area contributed by atoms with Crippen LogP contribution in [0.4, 0.5) is 11.5 Å². The van der Waals surface area contributed by atoms with Crippen molar-refractivity contribution in [2.75, 3.05) is 11.4 Å². The molecule has 0 radical (unpaired) electrons. The van der Waals surface area contributed by atoms with Crippen LogP contribution in [0.25, 0.3) is 0 Å². The maximum absolute atomic E-state index is 11.1. The van der Waals surface area contributed by atoms with Gasteiger partial charge < -0.3 is 10.0 Å². The minimum absolute atomic E-state index is 0.0603. The summed E-state index contributed by atoms with van der Waals surface area (Å²) in [6.07, 6.45) is 4.81. The molecule has 2 aromatic heterocycles. The van der Waals surface area contributed by atoms with Crippen LogP contribution in [0.1, 0.15) is 36.9 Å². The molecule has 1 unspecified atom stereocenters. The van der Waals surface area contributed by atoms with Gasteiger partial charge in [0.25, 0.3) is 0 Å². The highest BCUT2D eigenvalue weighted by Crippen LogP contribution is 2.47. The van der Waals surface area contributed by atoms with Gasteiger partial charge in [-0.3, -0.25) is 0 Å². The molecule has 4 rings (SSSR count). The number of fused-ring (bicyclic) bond motifs is 1. The molecule has 0 saturated heterocycles. The van der Waals surface area contributed by atoms with E-state index in [0.717, 1.165) is 17.8 Å². The van der Waals surface area contributed by atoms with E-state index >= 15 is 0 Å². The van der Waals surface area contributed by atoms with E-state index in [0.29, 0.717) is 15.8 Å². The number of nitrogens with zero attached hydrogens (tertiary/aromatic N) is 4. The van der Waals surface area contributed by atoms with Crippen LogP contribution in [0.15, 0.2) is 42.3 Å². The number of thiazole rings is 1. The highest BCUT2D eigenvalue weighted by molar-refractivity contribution is 7.09. The molecule has 3 heterocycles. The molecule has 7 heteroatoms. The Balaban J connectivity index is 1.85. The van der Waals surface area contributed by atoms with Crippen molar-refractivity contribution in [3.63, 3.8) is 0 Å². The lowest BCUT2D eigenvalue weighted by Crippen LogP contribution is -2.25. The van der Waals surface area contributed by atoms with Crippen LogP contribution in [0.3, 0.4) is 0 Å². The first-order chi connectivity index (χ1) is 12.3. The van der Waals surface area contributed by atoms with E-state index in [2.05, 4.69) is 39.8 Å². The number of aromatic nitrogens is 3. The van der Waals surface area contributed by atoms with Crippen molar-refractivity contribution in [3.05, 3.63) is 63.5 Å². The topological polar surface area (TPSA) is 62.1 Å². The van der Waals surface area contributed by atoms with Gasteiger partial charge in [-0.05, 0) is 24.1 Å². The summed E-state index contributed by atoms with van der Waals surface area (Å²) < 4.78 is 0. The lowest BCUT2D eigenvalue weighted by Gasteiger charge is -2.24. The summed E-state index contributed by atoms with van der Waals surface area (Å²) in [5.74, 6) is 0.680. The Morgan fingerprint density at radius 1 is 1.31 bits per heavy atom. The SMILES string of the molecule is CC1(C)CN(c2ncncc2Cl)c2cc(C(C)(O)c3nccs3)ccc21. The lowest BCUT2D eigenvalue weighted by atomic mass is 9.85. The summed E-state index contributed by atoms with van der Waals surface area (Å²) in [4.78, 5) is 14.7. The van der Waals surface area contributed by atoms with Crippen molar-refractivity contribution in [2.24, 2.45) is 0 Å². The first-order valence-electron chi connectivity index (χ1n) is 8.31. The summed E-state index contributed by atoms with van der Waals surface area (Å²) in [5, 5.41) is 14.1. The van der Waals surface area contributed by atoms with Gasteiger partial charge in [0.2, 0.25) is 0 Å². The Morgan fingerprint density at radius 3 is 2.81 bits per heavy atom. The highest BCUT2D eigenvalue weighted by Gasteiger charge is 2.39. The molecule has 26 heavy (non-hydrogen) atoms. The summed E-state index contributed by atoms with van der Waals surface area (Å²) in [6.45, 7) is 6.91. The molecular weight excluding hydrogens is 368 g/mol. The van der Waals surface area contributed by atoms with Crippen LogP contribution < -0.4 is 4.90 Å². The number of hydrogen-bond donors (Lipinski definition) is 1. The Kier molecular flexibility index (Phi) is 4.02. The third kappa shape index (κ3) is 2.69. The average Bonchev–Trinajstić information content (AvgIpc) is 3.23. The summed E-state index contributed by atoms with van der Waals surface area (Å²) in [5.41, 5.74) is 1.78. The molecule has 0 bridgehead atoms. The molecule has 1 aliphatic rings. The zero-order chi connectivity index (χ0) is 18.5. The summed E-state index contributed by atoms with van der Waals surface area (Å²) in [6, 6.07) is 6.08. The fraction of sp³-hybridized carbons (Fsp3) is 0.316. The van der Waals surface area contributed by atoms with E-state index in [-0.39, 0.29) is 5.41 Å². The average molecular weight is 387 g/mol. The third-order valence-corrected chi connectivity index (χ3v) is 6.14. The van der Waals surface area contributed by atoms with E-state index in [1.807, 2.05) is 17.5 Å². The molecule has 134 valence electrons. The first kappa shape index (κ1) is 17.4. The Morgan fingerprint density at radius 2 is 2.12 bits per heavy atom. The number of hydrogen-bond acceptors (Lipinski definition) is 6. The number of benzene rings is 1. The molecule has 0 spiro atoms. The number of rotatable bonds is 3. The second-order valence-electron chi connectivity index (χ2n) is 7.31. The van der Waals surface area contributed by atoms with E-state index in [1.54, 1.807) is 19.3 Å². The second-order valence-corrected chi connectivity index (χ2v) is 8.61. The van der Waals surface area contributed by atoms with E-state index < -0.39 is 5.60 Å². The molecule has 3 aromatic rings. The smallest absolute Gasteiger partial charge is 0.155 e. The third-order valence-electron chi connectivity index (χ3n) is 4.89. The maximum atomic E-state index is 11.1. The van der Waals surface area contributed by atoms with Gasteiger partial charge in [0.05, 0.1) is 6.20 Å². The number of anilines is 2. The van der Waals surface area contributed by atoms with Gasteiger partial charge in [0.1, 0.15) is 22.0 Å². The van der Waals surface area contributed by atoms with Crippen molar-refractivity contribution in [1.29, 1.82) is 0 Å². The standard InChI is InChI=1S/C19H19ClN4OS/c1-18(2)10-24(16-14(20)9-21-11-23-16)15-8-12(4-5-13(15)18)19(3,25)17-22-6-7-26-17/h4-9,11,25H,10H2,1-3H3. The predicted molar refractivity (Wildman–Crippen MR) is 104 cm³/mol. The van der Waals surface area contributed by atoms with E-state index in [4.69, 9.17) is 11.6 Å². The zero-order valence-corrected chi connectivity index (χ0v) is 16.3. The Hall–Kier alpha value is -2.02. The molecule has 1 atom stereocenters. The van der Waals surface area contributed by atoms with Crippen molar-refractivity contribution >= 4 is 34.4 Å². The van der Waals surface area contributed by atoms with Crippen LogP contribution in [0.2, 0.25) is 5.02 Å². The lowest BCUT2D eigenvalue weighted by molar-refractivity contribution is 0.102. The quantitative estimate of drug-likeness (QED) is 0.728. The summed E-state index contributed by atoms with van der Waals surface area (Å²) >= 11 is 7.79. The molecule has 0 fully saturated rings. The number of aliphatic hydroxyl groups is 1. The van der Waals surface area contributed by atoms with Crippen LogP contribution in [-0.2, 0) is 11.0 Å². The van der Waals surface area contributed by atoms with Gasteiger partial charge in [0, 0.05) is 29.2 Å². The fourth-order valence-corrected chi connectivity index (χ4v) is 4.40. The van der Waals surface area contributed by atoms with Crippen LogP contribution in [0.5, 0.6) is 0 Å². The Bertz CT molecular complexity index is 956. The molecule has 1 aliphatic heterocycles. The number of halogens is 1. The molecule has 1 aromatic carbocycles. The molecule has 5 nitrogen and oxygen atoms in total. The van der Waals surface area contributed by atoms with Crippen molar-refractivity contribution < 1.29 is 5.11 Å². The van der Waals surface area contributed by atoms with Gasteiger partial charge in [0.15, 0.2) is 5.82 Å². The normalized spacial score (nSPS) is 17.8. The zero-order valence-electron chi connectivity index (χ0n) is 14.8. The summed E-state index contributed by atoms with van der Waals surface area (Å²) in [7, 11) is 0. The predicted octanol–water partition coefficient (Wildman–Crippen LogP) is 4.27. The van der Waals surface area contributed by atoms with E-state index in [9.17, 15) is 5.11 Å². The fourth-order valence-electron chi connectivity index (χ4n) is 3.48.